The van der Waals surface area contributed by atoms with E-state index in [4.69, 9.17) is 10.5 Å². The first kappa shape index (κ1) is 15.8. The summed E-state index contributed by atoms with van der Waals surface area (Å²) >= 11 is 0. The molecule has 1 unspecified atom stereocenters. The molecule has 21 heavy (non-hydrogen) atoms. The normalized spacial score (nSPS) is 17.2. The number of rotatable bonds is 6. The maximum Gasteiger partial charge on any atom is 0.241 e. The minimum absolute atomic E-state index is 0.103. The highest BCUT2D eigenvalue weighted by Crippen LogP contribution is 2.27. The first-order chi connectivity index (χ1) is 10.2. The SMILES string of the molecule is CCOc1cccc(NC(=O)C(N)CC2CCCCC2)c1. The van der Waals surface area contributed by atoms with Crippen LogP contribution in [-0.4, -0.2) is 18.6 Å². The minimum Gasteiger partial charge on any atom is -0.494 e. The van der Waals surface area contributed by atoms with Crippen LogP contribution in [0, 0.1) is 5.92 Å². The van der Waals surface area contributed by atoms with E-state index in [2.05, 4.69) is 5.32 Å². The van der Waals surface area contributed by atoms with E-state index in [9.17, 15) is 4.79 Å². The Bertz CT molecular complexity index is 456. The van der Waals surface area contributed by atoms with Crippen LogP contribution in [0.25, 0.3) is 0 Å². The van der Waals surface area contributed by atoms with Crippen molar-refractivity contribution in [1.29, 1.82) is 0 Å². The Morgan fingerprint density at radius 1 is 1.38 bits per heavy atom. The summed E-state index contributed by atoms with van der Waals surface area (Å²) in [6, 6.07) is 7.00. The average molecular weight is 290 g/mol. The van der Waals surface area contributed by atoms with Gasteiger partial charge in [0, 0.05) is 11.8 Å². The molecule has 3 N–H and O–H groups in total. The van der Waals surface area contributed by atoms with Crippen LogP contribution in [0.3, 0.4) is 0 Å². The van der Waals surface area contributed by atoms with Crippen molar-refractivity contribution in [3.63, 3.8) is 0 Å². The van der Waals surface area contributed by atoms with E-state index in [0.29, 0.717) is 12.5 Å². The molecule has 116 valence electrons. The molecule has 1 aliphatic rings. The molecule has 1 fully saturated rings. The summed E-state index contributed by atoms with van der Waals surface area (Å²) in [4.78, 5) is 12.2. The Kier molecular flexibility index (Phi) is 6.05. The third kappa shape index (κ3) is 5.05. The van der Waals surface area contributed by atoms with Crippen molar-refractivity contribution in [2.24, 2.45) is 11.7 Å². The van der Waals surface area contributed by atoms with E-state index >= 15 is 0 Å². The topological polar surface area (TPSA) is 64.3 Å². The fourth-order valence-electron chi connectivity index (χ4n) is 2.95. The van der Waals surface area contributed by atoms with Gasteiger partial charge in [0.25, 0.3) is 0 Å². The number of carbonyl (C=O) groups excluding carboxylic acids is 1. The number of ether oxygens (including phenoxy) is 1. The highest BCUT2D eigenvalue weighted by molar-refractivity contribution is 5.94. The van der Waals surface area contributed by atoms with E-state index in [1.807, 2.05) is 31.2 Å². The Labute approximate surface area is 127 Å². The minimum atomic E-state index is -0.427. The third-order valence-corrected chi connectivity index (χ3v) is 4.06. The number of benzene rings is 1. The second-order valence-electron chi connectivity index (χ2n) is 5.80. The fraction of sp³-hybridized carbons (Fsp3) is 0.588. The van der Waals surface area contributed by atoms with E-state index in [0.717, 1.165) is 17.9 Å². The standard InChI is InChI=1S/C17H26N2O2/c1-2-21-15-10-6-9-14(12-15)19-17(20)16(18)11-13-7-4-3-5-8-13/h6,9-10,12-13,16H,2-5,7-8,11,18H2,1H3,(H,19,20). The molecular formula is C17H26N2O2. The zero-order valence-electron chi connectivity index (χ0n) is 12.8. The Balaban J connectivity index is 1.86. The van der Waals surface area contributed by atoms with Crippen LogP contribution in [0.1, 0.15) is 45.4 Å². The number of amides is 1. The predicted molar refractivity (Wildman–Crippen MR) is 85.4 cm³/mol. The highest BCUT2D eigenvalue weighted by atomic mass is 16.5. The average Bonchev–Trinajstić information content (AvgIpc) is 2.49. The van der Waals surface area contributed by atoms with Gasteiger partial charge in [-0.3, -0.25) is 4.79 Å². The molecule has 2 rings (SSSR count). The Morgan fingerprint density at radius 2 is 2.14 bits per heavy atom. The number of anilines is 1. The van der Waals surface area contributed by atoms with Crippen molar-refractivity contribution in [3.05, 3.63) is 24.3 Å². The lowest BCUT2D eigenvalue weighted by Crippen LogP contribution is -2.37. The van der Waals surface area contributed by atoms with Gasteiger partial charge in [0.2, 0.25) is 5.91 Å². The van der Waals surface area contributed by atoms with Crippen molar-refractivity contribution < 1.29 is 9.53 Å². The van der Waals surface area contributed by atoms with E-state index in [1.54, 1.807) is 0 Å². The second-order valence-corrected chi connectivity index (χ2v) is 5.80. The lowest BCUT2D eigenvalue weighted by Gasteiger charge is -2.24. The quantitative estimate of drug-likeness (QED) is 0.844. The zero-order chi connectivity index (χ0) is 15.1. The van der Waals surface area contributed by atoms with Crippen LogP contribution in [0.4, 0.5) is 5.69 Å². The van der Waals surface area contributed by atoms with Gasteiger partial charge in [0.15, 0.2) is 0 Å². The molecule has 1 aromatic rings. The van der Waals surface area contributed by atoms with Gasteiger partial charge in [0.05, 0.1) is 12.6 Å². The summed E-state index contributed by atoms with van der Waals surface area (Å²) in [5, 5.41) is 2.89. The molecular weight excluding hydrogens is 264 g/mol. The Hall–Kier alpha value is -1.55. The number of carbonyl (C=O) groups is 1. The van der Waals surface area contributed by atoms with Crippen LogP contribution in [0.2, 0.25) is 0 Å². The fourth-order valence-corrected chi connectivity index (χ4v) is 2.95. The highest BCUT2D eigenvalue weighted by Gasteiger charge is 2.21. The maximum absolute atomic E-state index is 12.2. The largest absolute Gasteiger partial charge is 0.494 e. The van der Waals surface area contributed by atoms with Crippen LogP contribution in [0.5, 0.6) is 5.75 Å². The van der Waals surface area contributed by atoms with Crippen LogP contribution in [0.15, 0.2) is 24.3 Å². The lowest BCUT2D eigenvalue weighted by atomic mass is 9.85. The number of nitrogens with two attached hydrogens (primary N) is 1. The van der Waals surface area contributed by atoms with Crippen LogP contribution in [-0.2, 0) is 4.79 Å². The second kappa shape index (κ2) is 8.03. The molecule has 4 nitrogen and oxygen atoms in total. The van der Waals surface area contributed by atoms with Gasteiger partial charge >= 0.3 is 0 Å². The summed E-state index contributed by atoms with van der Waals surface area (Å²) in [6.45, 7) is 2.55. The molecule has 1 amide bonds. The van der Waals surface area contributed by atoms with E-state index in [1.165, 1.54) is 32.1 Å². The zero-order valence-corrected chi connectivity index (χ0v) is 12.8. The molecule has 1 atom stereocenters. The molecule has 0 aliphatic heterocycles. The van der Waals surface area contributed by atoms with Crippen molar-refractivity contribution in [1.82, 2.24) is 0 Å². The van der Waals surface area contributed by atoms with Crippen LogP contribution < -0.4 is 15.8 Å². The predicted octanol–water partition coefficient (Wildman–Crippen LogP) is 3.32. The third-order valence-electron chi connectivity index (χ3n) is 4.06. The van der Waals surface area contributed by atoms with Gasteiger partial charge in [-0.15, -0.1) is 0 Å². The number of nitrogens with one attached hydrogen (secondary N) is 1. The molecule has 1 saturated carbocycles. The Morgan fingerprint density at radius 3 is 2.86 bits per heavy atom. The van der Waals surface area contributed by atoms with Crippen molar-refractivity contribution >= 4 is 11.6 Å². The van der Waals surface area contributed by atoms with Gasteiger partial charge in [-0.1, -0.05) is 38.2 Å². The van der Waals surface area contributed by atoms with Crippen molar-refractivity contribution in [3.8, 4) is 5.75 Å². The van der Waals surface area contributed by atoms with Gasteiger partial charge in [-0.2, -0.15) is 0 Å². The molecule has 0 saturated heterocycles. The van der Waals surface area contributed by atoms with E-state index < -0.39 is 6.04 Å². The summed E-state index contributed by atoms with van der Waals surface area (Å²) < 4.78 is 5.43. The van der Waals surface area contributed by atoms with Crippen LogP contribution >= 0.6 is 0 Å². The first-order valence-electron chi connectivity index (χ1n) is 7.98. The monoisotopic (exact) mass is 290 g/mol. The molecule has 0 spiro atoms. The van der Waals surface area contributed by atoms with Crippen molar-refractivity contribution in [2.45, 2.75) is 51.5 Å². The molecule has 0 heterocycles. The van der Waals surface area contributed by atoms with E-state index in [-0.39, 0.29) is 5.91 Å². The first-order valence-corrected chi connectivity index (χ1v) is 7.98. The molecule has 1 aromatic carbocycles. The molecule has 1 aliphatic carbocycles. The molecule has 4 heteroatoms. The maximum atomic E-state index is 12.2. The summed E-state index contributed by atoms with van der Waals surface area (Å²) in [6.07, 6.45) is 7.07. The van der Waals surface area contributed by atoms with Gasteiger partial charge in [-0.25, -0.2) is 0 Å². The molecule has 0 bridgehead atoms. The van der Waals surface area contributed by atoms with Crippen molar-refractivity contribution in [2.75, 3.05) is 11.9 Å². The summed E-state index contributed by atoms with van der Waals surface area (Å²) in [5.74, 6) is 1.26. The number of hydrogen-bond acceptors (Lipinski definition) is 3. The van der Waals surface area contributed by atoms with Gasteiger partial charge in [0.1, 0.15) is 5.75 Å². The summed E-state index contributed by atoms with van der Waals surface area (Å²) in [7, 11) is 0. The number of hydrogen-bond donors (Lipinski definition) is 2. The molecule has 0 aromatic heterocycles. The lowest BCUT2D eigenvalue weighted by molar-refractivity contribution is -0.117. The smallest absolute Gasteiger partial charge is 0.241 e. The summed E-state index contributed by atoms with van der Waals surface area (Å²) in [5.41, 5.74) is 6.79. The van der Waals surface area contributed by atoms with Gasteiger partial charge in [-0.05, 0) is 31.4 Å². The van der Waals surface area contributed by atoms with Gasteiger partial charge < -0.3 is 15.8 Å². The molecule has 0 radical (unpaired) electrons.